The first-order chi connectivity index (χ1) is 9.47. The molecule has 0 aromatic heterocycles. The minimum atomic E-state index is 0.337. The summed E-state index contributed by atoms with van der Waals surface area (Å²) in [5.74, 6) is 2.38. The summed E-state index contributed by atoms with van der Waals surface area (Å²) in [6.07, 6.45) is 6.53. The molecular weight excluding hydrogens is 248 g/mol. The summed E-state index contributed by atoms with van der Waals surface area (Å²) in [6, 6.07) is 0.604. The summed E-state index contributed by atoms with van der Waals surface area (Å²) < 4.78 is 0. The second-order valence-electron chi connectivity index (χ2n) is 7.49. The lowest BCUT2D eigenvalue weighted by Gasteiger charge is -2.39. The Balaban J connectivity index is 1.86. The van der Waals surface area contributed by atoms with Crippen LogP contribution >= 0.6 is 0 Å². The molecule has 1 aliphatic carbocycles. The van der Waals surface area contributed by atoms with Crippen molar-refractivity contribution in [3.05, 3.63) is 0 Å². The molecule has 4 atom stereocenters. The predicted molar refractivity (Wildman–Crippen MR) is 83.6 cm³/mol. The number of likely N-dealkylation sites (N-methyl/N-ethyl adjacent to an activating group) is 1. The average molecular weight is 280 g/mol. The fourth-order valence-electron chi connectivity index (χ4n) is 4.25. The van der Waals surface area contributed by atoms with Crippen LogP contribution in [0.1, 0.15) is 52.9 Å². The summed E-state index contributed by atoms with van der Waals surface area (Å²) in [5.41, 5.74) is 0. The van der Waals surface area contributed by atoms with Crippen molar-refractivity contribution in [2.45, 2.75) is 58.9 Å². The van der Waals surface area contributed by atoms with Crippen molar-refractivity contribution in [2.24, 2.45) is 17.8 Å². The highest BCUT2D eigenvalue weighted by atomic mass is 16.2. The van der Waals surface area contributed by atoms with Crippen molar-refractivity contribution >= 4 is 5.91 Å². The van der Waals surface area contributed by atoms with E-state index in [1.165, 1.54) is 32.1 Å². The van der Waals surface area contributed by atoms with Crippen LogP contribution in [0.2, 0.25) is 0 Å². The van der Waals surface area contributed by atoms with Crippen LogP contribution in [0.3, 0.4) is 0 Å². The first-order valence-corrected chi connectivity index (χ1v) is 8.45. The first kappa shape index (κ1) is 15.8. The zero-order valence-electron chi connectivity index (χ0n) is 13.8. The summed E-state index contributed by atoms with van der Waals surface area (Å²) in [4.78, 5) is 16.9. The molecule has 0 bridgehead atoms. The van der Waals surface area contributed by atoms with Crippen LogP contribution in [0.5, 0.6) is 0 Å². The van der Waals surface area contributed by atoms with Crippen molar-refractivity contribution < 1.29 is 4.79 Å². The zero-order chi connectivity index (χ0) is 14.7. The lowest BCUT2D eigenvalue weighted by molar-refractivity contribution is -0.135. The maximum atomic E-state index is 12.5. The third kappa shape index (κ3) is 3.97. The predicted octanol–water partition coefficient (Wildman–Crippen LogP) is 3.00. The van der Waals surface area contributed by atoms with Gasteiger partial charge in [-0.1, -0.05) is 33.6 Å². The van der Waals surface area contributed by atoms with Gasteiger partial charge in [0, 0.05) is 19.1 Å². The van der Waals surface area contributed by atoms with Gasteiger partial charge >= 0.3 is 0 Å². The third-order valence-corrected chi connectivity index (χ3v) is 5.24. The second kappa shape index (κ2) is 6.93. The molecule has 0 radical (unpaired) electrons. The fourth-order valence-corrected chi connectivity index (χ4v) is 4.25. The molecule has 1 saturated carbocycles. The number of piperidine rings is 1. The van der Waals surface area contributed by atoms with Gasteiger partial charge in [-0.3, -0.25) is 9.69 Å². The highest BCUT2D eigenvalue weighted by molar-refractivity contribution is 5.78. The number of hydrogen-bond donors (Lipinski definition) is 0. The smallest absolute Gasteiger partial charge is 0.236 e. The van der Waals surface area contributed by atoms with E-state index < -0.39 is 0 Å². The van der Waals surface area contributed by atoms with E-state index in [1.807, 2.05) is 0 Å². The maximum absolute atomic E-state index is 12.5. The number of rotatable bonds is 3. The quantitative estimate of drug-likeness (QED) is 0.793. The van der Waals surface area contributed by atoms with Gasteiger partial charge in [0.15, 0.2) is 0 Å². The van der Waals surface area contributed by atoms with Gasteiger partial charge in [0.1, 0.15) is 0 Å². The van der Waals surface area contributed by atoms with Crippen LogP contribution in [-0.4, -0.2) is 48.4 Å². The molecule has 2 fully saturated rings. The van der Waals surface area contributed by atoms with E-state index in [0.29, 0.717) is 30.3 Å². The molecule has 1 heterocycles. The molecule has 3 nitrogen and oxygen atoms in total. The monoisotopic (exact) mass is 280 g/mol. The Labute approximate surface area is 124 Å². The highest BCUT2D eigenvalue weighted by Gasteiger charge is 2.29. The van der Waals surface area contributed by atoms with Crippen molar-refractivity contribution in [3.63, 3.8) is 0 Å². The van der Waals surface area contributed by atoms with E-state index in [9.17, 15) is 4.79 Å². The molecule has 116 valence electrons. The standard InChI is InChI=1S/C17H32N2O/c1-13-9-14(2)11-19(10-13)17(20)12-18(4)16-8-6-5-7-15(16)3/h13-16H,5-12H2,1-4H3. The minimum Gasteiger partial charge on any atom is -0.341 e. The molecule has 0 aromatic carbocycles. The van der Waals surface area contributed by atoms with Gasteiger partial charge in [-0.2, -0.15) is 0 Å². The molecule has 4 unspecified atom stereocenters. The lowest BCUT2D eigenvalue weighted by Crippen LogP contribution is -2.49. The Morgan fingerprint density at radius 2 is 1.70 bits per heavy atom. The molecule has 20 heavy (non-hydrogen) atoms. The Kier molecular flexibility index (Phi) is 5.48. The van der Waals surface area contributed by atoms with E-state index in [0.717, 1.165) is 19.0 Å². The fraction of sp³-hybridized carbons (Fsp3) is 0.941. The lowest BCUT2D eigenvalue weighted by atomic mass is 9.85. The third-order valence-electron chi connectivity index (χ3n) is 5.24. The van der Waals surface area contributed by atoms with Crippen LogP contribution in [0.15, 0.2) is 0 Å². The Morgan fingerprint density at radius 3 is 2.30 bits per heavy atom. The van der Waals surface area contributed by atoms with Gasteiger partial charge in [-0.25, -0.2) is 0 Å². The average Bonchev–Trinajstić information content (AvgIpc) is 2.37. The van der Waals surface area contributed by atoms with Crippen molar-refractivity contribution in [1.29, 1.82) is 0 Å². The van der Waals surface area contributed by atoms with Gasteiger partial charge in [0.2, 0.25) is 5.91 Å². The van der Waals surface area contributed by atoms with E-state index in [2.05, 4.69) is 37.6 Å². The van der Waals surface area contributed by atoms with Crippen LogP contribution in [0.4, 0.5) is 0 Å². The maximum Gasteiger partial charge on any atom is 0.236 e. The van der Waals surface area contributed by atoms with Crippen LogP contribution in [0.25, 0.3) is 0 Å². The topological polar surface area (TPSA) is 23.6 Å². The van der Waals surface area contributed by atoms with Crippen LogP contribution in [-0.2, 0) is 4.79 Å². The number of carbonyl (C=O) groups is 1. The second-order valence-corrected chi connectivity index (χ2v) is 7.49. The van der Waals surface area contributed by atoms with E-state index in [4.69, 9.17) is 0 Å². The van der Waals surface area contributed by atoms with E-state index in [1.54, 1.807) is 0 Å². The molecule has 1 saturated heterocycles. The molecule has 2 aliphatic rings. The number of carbonyl (C=O) groups excluding carboxylic acids is 1. The Bertz CT molecular complexity index is 321. The zero-order valence-corrected chi connectivity index (χ0v) is 13.8. The van der Waals surface area contributed by atoms with Crippen molar-refractivity contribution in [3.8, 4) is 0 Å². The Morgan fingerprint density at radius 1 is 1.10 bits per heavy atom. The summed E-state index contributed by atoms with van der Waals surface area (Å²) in [5, 5.41) is 0. The molecule has 2 rings (SSSR count). The number of amides is 1. The number of nitrogens with zero attached hydrogens (tertiary/aromatic N) is 2. The minimum absolute atomic E-state index is 0.337. The molecular formula is C17H32N2O. The highest BCUT2D eigenvalue weighted by Crippen LogP contribution is 2.27. The van der Waals surface area contributed by atoms with Crippen LogP contribution < -0.4 is 0 Å². The summed E-state index contributed by atoms with van der Waals surface area (Å²) in [6.45, 7) is 9.39. The summed E-state index contributed by atoms with van der Waals surface area (Å²) in [7, 11) is 2.14. The molecule has 0 spiro atoms. The van der Waals surface area contributed by atoms with E-state index >= 15 is 0 Å². The normalized spacial score (nSPS) is 35.4. The number of likely N-dealkylation sites (tertiary alicyclic amines) is 1. The first-order valence-electron chi connectivity index (χ1n) is 8.45. The van der Waals surface area contributed by atoms with Gasteiger partial charge in [-0.15, -0.1) is 0 Å². The largest absolute Gasteiger partial charge is 0.341 e. The van der Waals surface area contributed by atoms with Gasteiger partial charge in [0.25, 0.3) is 0 Å². The van der Waals surface area contributed by atoms with Gasteiger partial charge in [-0.05, 0) is 44.1 Å². The van der Waals surface area contributed by atoms with Gasteiger partial charge < -0.3 is 4.90 Å². The molecule has 0 N–H and O–H groups in total. The number of hydrogen-bond acceptors (Lipinski definition) is 2. The Hall–Kier alpha value is -0.570. The molecule has 1 aliphatic heterocycles. The SMILES string of the molecule is CC1CC(C)CN(C(=O)CN(C)C2CCCCC2C)C1. The molecule has 1 amide bonds. The van der Waals surface area contributed by atoms with Crippen molar-refractivity contribution in [1.82, 2.24) is 9.80 Å². The van der Waals surface area contributed by atoms with Crippen LogP contribution in [0, 0.1) is 17.8 Å². The molecule has 0 aromatic rings. The van der Waals surface area contributed by atoms with Gasteiger partial charge in [0.05, 0.1) is 6.54 Å². The molecule has 3 heteroatoms. The van der Waals surface area contributed by atoms with Crippen molar-refractivity contribution in [2.75, 3.05) is 26.7 Å². The summed E-state index contributed by atoms with van der Waals surface area (Å²) >= 11 is 0. The van der Waals surface area contributed by atoms with E-state index in [-0.39, 0.29) is 0 Å².